The summed E-state index contributed by atoms with van der Waals surface area (Å²) < 4.78 is 5.86. The number of hydrogen-bond acceptors (Lipinski definition) is 0. The standard InChI is InChI=1S/C12H17O/c1-9(2)11-8-7-10-5-3-4-6-12(10)13-11/h7-9H,3-6H2,1-2H3/q+1. The highest BCUT2D eigenvalue weighted by Gasteiger charge is 2.23. The molecule has 0 bridgehead atoms. The average Bonchev–Trinajstić information content (AvgIpc) is 2.17. The van der Waals surface area contributed by atoms with Gasteiger partial charge < -0.3 is 0 Å². The van der Waals surface area contributed by atoms with Gasteiger partial charge in [0.25, 0.3) is 0 Å². The molecule has 0 aliphatic heterocycles. The molecule has 0 radical (unpaired) electrons. The minimum Gasteiger partial charge on any atom is -0.217 e. The van der Waals surface area contributed by atoms with Gasteiger partial charge in [0.2, 0.25) is 0 Å². The van der Waals surface area contributed by atoms with Crippen molar-refractivity contribution in [2.45, 2.75) is 45.4 Å². The van der Waals surface area contributed by atoms with Crippen LogP contribution in [0.4, 0.5) is 0 Å². The van der Waals surface area contributed by atoms with Gasteiger partial charge in [0.15, 0.2) is 0 Å². The van der Waals surface area contributed by atoms with Crippen molar-refractivity contribution in [3.63, 3.8) is 0 Å². The van der Waals surface area contributed by atoms with Crippen LogP contribution in [0.5, 0.6) is 0 Å². The molecule has 1 aliphatic rings. The Bertz CT molecular complexity index is 302. The van der Waals surface area contributed by atoms with Crippen LogP contribution in [0.3, 0.4) is 0 Å². The second kappa shape index (κ2) is 3.49. The van der Waals surface area contributed by atoms with Crippen LogP contribution in [-0.2, 0) is 12.8 Å². The first-order valence-corrected chi connectivity index (χ1v) is 5.22. The third-order valence-corrected chi connectivity index (χ3v) is 2.72. The van der Waals surface area contributed by atoms with E-state index < -0.39 is 0 Å². The summed E-state index contributed by atoms with van der Waals surface area (Å²) in [5.74, 6) is 2.87. The summed E-state index contributed by atoms with van der Waals surface area (Å²) in [6.07, 6.45) is 4.95. The van der Waals surface area contributed by atoms with Crippen LogP contribution in [0.1, 0.15) is 49.7 Å². The molecule has 0 atom stereocenters. The maximum Gasteiger partial charge on any atom is 0.332 e. The fraction of sp³-hybridized carbons (Fsp3) is 0.583. The molecule has 0 saturated carbocycles. The van der Waals surface area contributed by atoms with Gasteiger partial charge in [-0.15, -0.1) is 0 Å². The third kappa shape index (κ3) is 1.74. The molecule has 0 aromatic carbocycles. The molecule has 0 amide bonds. The molecule has 1 aromatic heterocycles. The van der Waals surface area contributed by atoms with E-state index in [1.165, 1.54) is 30.6 Å². The summed E-state index contributed by atoms with van der Waals surface area (Å²) >= 11 is 0. The van der Waals surface area contributed by atoms with E-state index >= 15 is 0 Å². The van der Waals surface area contributed by atoms with Gasteiger partial charge in [0.1, 0.15) is 0 Å². The van der Waals surface area contributed by atoms with Crippen LogP contribution in [0.15, 0.2) is 16.5 Å². The Hall–Kier alpha value is -0.850. The largest absolute Gasteiger partial charge is 0.332 e. The lowest BCUT2D eigenvalue weighted by atomic mass is 9.96. The molecule has 0 spiro atoms. The second-order valence-corrected chi connectivity index (χ2v) is 4.15. The highest BCUT2D eigenvalue weighted by molar-refractivity contribution is 5.22. The Kier molecular flexibility index (Phi) is 2.34. The zero-order chi connectivity index (χ0) is 9.26. The van der Waals surface area contributed by atoms with E-state index in [9.17, 15) is 0 Å². The molecule has 1 nitrogen and oxygen atoms in total. The van der Waals surface area contributed by atoms with Crippen molar-refractivity contribution in [3.05, 3.63) is 29.2 Å². The Morgan fingerprint density at radius 1 is 1.15 bits per heavy atom. The van der Waals surface area contributed by atoms with Crippen LogP contribution in [0.2, 0.25) is 0 Å². The van der Waals surface area contributed by atoms with Gasteiger partial charge in [-0.1, -0.05) is 13.8 Å². The first-order valence-electron chi connectivity index (χ1n) is 5.22. The molecule has 1 heterocycles. The molecular weight excluding hydrogens is 160 g/mol. The van der Waals surface area contributed by atoms with Crippen LogP contribution in [-0.4, -0.2) is 0 Å². The lowest BCUT2D eigenvalue weighted by molar-refractivity contribution is 0.405. The van der Waals surface area contributed by atoms with Gasteiger partial charge in [-0.25, -0.2) is 4.42 Å². The quantitative estimate of drug-likeness (QED) is 0.597. The molecule has 70 valence electrons. The molecule has 2 rings (SSSR count). The monoisotopic (exact) mass is 177 g/mol. The maximum absolute atomic E-state index is 5.86. The van der Waals surface area contributed by atoms with Gasteiger partial charge >= 0.3 is 11.5 Å². The predicted molar refractivity (Wildman–Crippen MR) is 53.8 cm³/mol. The first kappa shape index (κ1) is 8.74. The topological polar surface area (TPSA) is 11.3 Å². The van der Waals surface area contributed by atoms with E-state index in [4.69, 9.17) is 4.42 Å². The highest BCUT2D eigenvalue weighted by Crippen LogP contribution is 2.25. The van der Waals surface area contributed by atoms with E-state index in [2.05, 4.69) is 26.0 Å². The fourth-order valence-corrected chi connectivity index (χ4v) is 1.86. The summed E-state index contributed by atoms with van der Waals surface area (Å²) in [4.78, 5) is 0. The molecule has 0 N–H and O–H groups in total. The van der Waals surface area contributed by atoms with Gasteiger partial charge in [-0.2, -0.15) is 0 Å². The van der Waals surface area contributed by atoms with Gasteiger partial charge in [-0.05, 0) is 25.3 Å². The van der Waals surface area contributed by atoms with Crippen LogP contribution in [0.25, 0.3) is 0 Å². The highest BCUT2D eigenvalue weighted by atomic mass is 16.3. The Morgan fingerprint density at radius 2 is 1.92 bits per heavy atom. The van der Waals surface area contributed by atoms with E-state index in [1.807, 2.05) is 0 Å². The van der Waals surface area contributed by atoms with Gasteiger partial charge in [0.05, 0.1) is 17.9 Å². The molecule has 1 aliphatic carbocycles. The fourth-order valence-electron chi connectivity index (χ4n) is 1.86. The van der Waals surface area contributed by atoms with Crippen molar-refractivity contribution in [2.75, 3.05) is 0 Å². The Labute approximate surface area is 79.8 Å². The summed E-state index contributed by atoms with van der Waals surface area (Å²) in [7, 11) is 0. The van der Waals surface area contributed by atoms with Gasteiger partial charge in [-0.3, -0.25) is 0 Å². The van der Waals surface area contributed by atoms with E-state index in [0.29, 0.717) is 5.92 Å². The number of fused-ring (bicyclic) bond motifs is 1. The Balaban J connectivity index is 2.35. The van der Waals surface area contributed by atoms with Crippen molar-refractivity contribution in [3.8, 4) is 0 Å². The van der Waals surface area contributed by atoms with Crippen LogP contribution in [0, 0.1) is 0 Å². The van der Waals surface area contributed by atoms with Crippen molar-refractivity contribution < 1.29 is 4.42 Å². The molecule has 13 heavy (non-hydrogen) atoms. The van der Waals surface area contributed by atoms with E-state index in [-0.39, 0.29) is 0 Å². The summed E-state index contributed by atoms with van der Waals surface area (Å²) in [5, 5.41) is 0. The molecule has 0 saturated heterocycles. The van der Waals surface area contributed by atoms with Crippen molar-refractivity contribution in [2.24, 2.45) is 0 Å². The van der Waals surface area contributed by atoms with E-state index in [0.717, 1.165) is 12.2 Å². The molecule has 1 aromatic rings. The smallest absolute Gasteiger partial charge is 0.217 e. The molecular formula is C12H17O+. The number of aryl methyl sites for hydroxylation is 2. The first-order chi connectivity index (χ1) is 6.27. The molecule has 0 fully saturated rings. The maximum atomic E-state index is 5.86. The van der Waals surface area contributed by atoms with Gasteiger partial charge in [0, 0.05) is 6.07 Å². The van der Waals surface area contributed by atoms with E-state index in [1.54, 1.807) is 0 Å². The minimum absolute atomic E-state index is 0.507. The molecule has 0 unspecified atom stereocenters. The SMILES string of the molecule is CC(C)c1ccc2c([o+]1)CCCC2. The van der Waals surface area contributed by atoms with Crippen molar-refractivity contribution in [1.29, 1.82) is 0 Å². The van der Waals surface area contributed by atoms with Crippen LogP contribution < -0.4 is 0 Å². The Morgan fingerprint density at radius 3 is 2.69 bits per heavy atom. The lowest BCUT2D eigenvalue weighted by Crippen LogP contribution is -2.03. The van der Waals surface area contributed by atoms with Crippen molar-refractivity contribution >= 4 is 0 Å². The predicted octanol–water partition coefficient (Wildman–Crippen LogP) is 3.56. The van der Waals surface area contributed by atoms with Crippen LogP contribution >= 0.6 is 0 Å². The summed E-state index contributed by atoms with van der Waals surface area (Å²) in [5.41, 5.74) is 1.43. The minimum atomic E-state index is 0.507. The molecule has 1 heteroatoms. The normalized spacial score (nSPS) is 15.9. The lowest BCUT2D eigenvalue weighted by Gasteiger charge is -2.07. The zero-order valence-electron chi connectivity index (χ0n) is 8.47. The third-order valence-electron chi connectivity index (χ3n) is 2.72. The zero-order valence-corrected chi connectivity index (χ0v) is 8.47. The number of hydrogen-bond donors (Lipinski definition) is 0. The summed E-state index contributed by atoms with van der Waals surface area (Å²) in [6, 6.07) is 4.38. The summed E-state index contributed by atoms with van der Waals surface area (Å²) in [6.45, 7) is 4.35. The van der Waals surface area contributed by atoms with Crippen molar-refractivity contribution in [1.82, 2.24) is 0 Å². The number of rotatable bonds is 1. The second-order valence-electron chi connectivity index (χ2n) is 4.15. The average molecular weight is 177 g/mol.